The average Bonchev–Trinajstić information content (AvgIpc) is 3.19. The van der Waals surface area contributed by atoms with Gasteiger partial charge >= 0.3 is 30.0 Å². The van der Waals surface area contributed by atoms with Crippen LogP contribution in [-0.2, 0) is 55.2 Å². The first-order chi connectivity index (χ1) is 28.6. The summed E-state index contributed by atoms with van der Waals surface area (Å²) < 4.78 is 68.1. The topological polar surface area (TPSA) is 275 Å². The molecule has 3 rings (SSSR count). The number of Topliss-reactive ketones (excluding diaryl/α,β-unsaturated/α-hetero) is 1. The predicted octanol–water partition coefficient (Wildman–Crippen LogP) is 6.81. The Balaban J connectivity index is 0.000000561. The van der Waals surface area contributed by atoms with Crippen LogP contribution in [0, 0.1) is 0 Å². The van der Waals surface area contributed by atoms with Crippen molar-refractivity contribution >= 4 is 114 Å². The number of esters is 2. The van der Waals surface area contributed by atoms with E-state index >= 15 is 0 Å². The lowest BCUT2D eigenvalue weighted by atomic mass is 10.2. The number of carboxylic acid groups (broad SMARTS) is 2. The second-order valence-electron chi connectivity index (χ2n) is 12.5. The number of carbonyl (C=O) groups is 6. The number of anilines is 2. The fourth-order valence-corrected chi connectivity index (χ4v) is 8.31. The third-order valence-corrected chi connectivity index (χ3v) is 11.7. The largest absolute Gasteiger partial charge is 0.481 e. The molecule has 0 bridgehead atoms. The first-order valence-electron chi connectivity index (χ1n) is 17.9. The van der Waals surface area contributed by atoms with Crippen molar-refractivity contribution < 1.29 is 70.0 Å². The number of hydrogen-bond donors (Lipinski definition) is 5. The van der Waals surface area contributed by atoms with Gasteiger partial charge in [-0.15, -0.1) is 0 Å². The van der Waals surface area contributed by atoms with Gasteiger partial charge in [-0.1, -0.05) is 103 Å². The van der Waals surface area contributed by atoms with Crippen molar-refractivity contribution in [1.82, 2.24) is 5.32 Å². The number of benzene rings is 3. The number of halogens is 4. The van der Waals surface area contributed by atoms with E-state index in [0.717, 1.165) is 5.56 Å². The maximum atomic E-state index is 12.6. The molecule has 18 nitrogen and oxygen atoms in total. The molecule has 61 heavy (non-hydrogen) atoms. The number of alkyl carbamates (subject to hydrolysis) is 1. The summed E-state index contributed by atoms with van der Waals surface area (Å²) in [7, 11) is -7.49. The summed E-state index contributed by atoms with van der Waals surface area (Å²) in [4.78, 5) is 70.0. The van der Waals surface area contributed by atoms with Gasteiger partial charge in [-0.3, -0.25) is 19.0 Å². The van der Waals surface area contributed by atoms with E-state index in [4.69, 9.17) is 70.8 Å². The van der Waals surface area contributed by atoms with Crippen molar-refractivity contribution in [1.29, 1.82) is 0 Å². The Hall–Kier alpha value is -4.86. The fourth-order valence-electron chi connectivity index (χ4n) is 4.50. The zero-order valence-corrected chi connectivity index (χ0v) is 37.0. The third-order valence-electron chi connectivity index (χ3n) is 7.56. The number of amides is 1. The Kier molecular flexibility index (Phi) is 21.6. The summed E-state index contributed by atoms with van der Waals surface area (Å²) in [5.41, 5.74) is -0.227. The minimum Gasteiger partial charge on any atom is -0.481 e. The van der Waals surface area contributed by atoms with Crippen molar-refractivity contribution in [2.24, 2.45) is 0 Å². The zero-order chi connectivity index (χ0) is 45.9. The molecule has 1 atom stereocenters. The van der Waals surface area contributed by atoms with Crippen LogP contribution in [0.5, 0.6) is 0 Å². The van der Waals surface area contributed by atoms with Crippen LogP contribution in [0.2, 0.25) is 20.1 Å². The summed E-state index contributed by atoms with van der Waals surface area (Å²) in [5, 5.41) is 18.2. The molecule has 0 heterocycles. The first-order valence-corrected chi connectivity index (χ1v) is 22.7. The van der Waals surface area contributed by atoms with Crippen LogP contribution in [-0.4, -0.2) is 93.6 Å². The molecule has 0 saturated carbocycles. The molecule has 3 aromatic rings. The number of carbonyl (C=O) groups excluding carboxylic acids is 4. The van der Waals surface area contributed by atoms with Gasteiger partial charge in [0, 0.05) is 0 Å². The highest BCUT2D eigenvalue weighted by molar-refractivity contribution is 7.93. The smallest absolute Gasteiger partial charge is 0.408 e. The number of carboxylic acids is 2. The SMILES string of the molecule is CCCCS(=O)(=O)Nc1ccc(Cl)c(C(=O)OCC(=O)COC(=O)c2c(Cl)ccc(NS(=O)(=O)CCCC)c2Cl)c1Cl.O=C(O)C[C@H](NC(=O)OCc1ccccc1)C(=O)O. The number of sulfonamides is 2. The first kappa shape index (κ1) is 52.3. The average molecular weight is 974 g/mol. The molecule has 0 saturated heterocycles. The molecule has 0 aliphatic heterocycles. The number of nitrogens with one attached hydrogen (secondary N) is 3. The summed E-state index contributed by atoms with van der Waals surface area (Å²) in [6, 6.07) is 12.3. The van der Waals surface area contributed by atoms with Crippen LogP contribution < -0.4 is 14.8 Å². The van der Waals surface area contributed by atoms with E-state index in [-0.39, 0.29) is 60.7 Å². The van der Waals surface area contributed by atoms with E-state index in [1.54, 1.807) is 30.3 Å². The monoisotopic (exact) mass is 971 g/mol. The Morgan fingerprint density at radius 1 is 0.656 bits per heavy atom. The van der Waals surface area contributed by atoms with Gasteiger partial charge in [0.15, 0.2) is 13.2 Å². The highest BCUT2D eigenvalue weighted by Crippen LogP contribution is 2.34. The van der Waals surface area contributed by atoms with Crippen LogP contribution in [0.25, 0.3) is 0 Å². The Bertz CT molecular complexity index is 2170. The lowest BCUT2D eigenvalue weighted by Gasteiger charge is -2.14. The number of aliphatic carboxylic acids is 2. The zero-order valence-electron chi connectivity index (χ0n) is 32.4. The predicted molar refractivity (Wildman–Crippen MR) is 227 cm³/mol. The maximum absolute atomic E-state index is 12.6. The molecule has 0 fully saturated rings. The van der Waals surface area contributed by atoms with E-state index in [1.807, 2.05) is 19.2 Å². The van der Waals surface area contributed by atoms with Crippen LogP contribution >= 0.6 is 46.4 Å². The molecule has 3 aromatic carbocycles. The third kappa shape index (κ3) is 18.3. The number of rotatable bonds is 22. The lowest BCUT2D eigenvalue weighted by molar-refractivity contribution is -0.145. The Morgan fingerprint density at radius 3 is 1.49 bits per heavy atom. The molecule has 24 heteroatoms. The molecular weight excluding hydrogens is 932 g/mol. The molecular formula is C37H41Cl4N3O15S2. The van der Waals surface area contributed by atoms with Gasteiger partial charge in [0.2, 0.25) is 25.8 Å². The molecule has 334 valence electrons. The van der Waals surface area contributed by atoms with Gasteiger partial charge in [0.05, 0.1) is 60.5 Å². The van der Waals surface area contributed by atoms with Crippen molar-refractivity contribution in [3.8, 4) is 0 Å². The van der Waals surface area contributed by atoms with E-state index in [9.17, 15) is 45.6 Å². The highest BCUT2D eigenvalue weighted by Gasteiger charge is 2.26. The van der Waals surface area contributed by atoms with Crippen molar-refractivity contribution in [2.75, 3.05) is 34.2 Å². The second-order valence-corrected chi connectivity index (χ2v) is 17.8. The van der Waals surface area contributed by atoms with E-state index in [0.29, 0.717) is 25.7 Å². The Labute approximate surface area is 371 Å². The summed E-state index contributed by atoms with van der Waals surface area (Å²) >= 11 is 24.5. The van der Waals surface area contributed by atoms with Gasteiger partial charge < -0.3 is 29.7 Å². The molecule has 0 aliphatic carbocycles. The van der Waals surface area contributed by atoms with Crippen LogP contribution in [0.3, 0.4) is 0 Å². The van der Waals surface area contributed by atoms with Crippen molar-refractivity contribution in [3.05, 3.63) is 91.4 Å². The van der Waals surface area contributed by atoms with Crippen molar-refractivity contribution in [2.45, 2.75) is 58.6 Å². The minimum absolute atomic E-state index is 0.0217. The minimum atomic E-state index is -3.75. The summed E-state index contributed by atoms with van der Waals surface area (Å²) in [6.07, 6.45) is 0.410. The van der Waals surface area contributed by atoms with Crippen LogP contribution in [0.15, 0.2) is 54.6 Å². The molecule has 0 aromatic heterocycles. The van der Waals surface area contributed by atoms with Gasteiger partial charge in [0.25, 0.3) is 0 Å². The molecule has 1 amide bonds. The van der Waals surface area contributed by atoms with E-state index < -0.39 is 81.5 Å². The molecule has 5 N–H and O–H groups in total. The molecule has 0 aliphatic rings. The number of hydrogen-bond acceptors (Lipinski definition) is 13. The number of ketones is 1. The standard InChI is InChI=1S/C25H28Cl4N2O9S2.C12H13NO6/c1-3-5-11-41(35,36)30-18-9-7-16(26)20(22(18)28)24(33)39-13-15(32)14-40-25(34)21-17(27)8-10-19(23(21)29)31-42(37,38)12-6-4-2;14-10(15)6-9(11(16)17)13-12(18)19-7-8-4-2-1-3-5-8/h7-10,30-31H,3-6,11-14H2,1-2H3;1-5,9H,6-7H2,(H,13,18)(H,14,15)(H,16,17)/t;9-/m.0/s1. The molecule has 0 unspecified atom stereocenters. The van der Waals surface area contributed by atoms with Crippen LogP contribution in [0.4, 0.5) is 16.2 Å². The van der Waals surface area contributed by atoms with Gasteiger partial charge in [-0.05, 0) is 42.7 Å². The summed E-state index contributed by atoms with van der Waals surface area (Å²) in [6.45, 7) is 1.91. The molecule has 0 spiro atoms. The Morgan fingerprint density at radius 2 is 1.10 bits per heavy atom. The van der Waals surface area contributed by atoms with Crippen LogP contribution in [0.1, 0.15) is 72.2 Å². The van der Waals surface area contributed by atoms with Gasteiger partial charge in [-0.2, -0.15) is 0 Å². The van der Waals surface area contributed by atoms with E-state index in [1.165, 1.54) is 24.3 Å². The van der Waals surface area contributed by atoms with Crippen molar-refractivity contribution in [3.63, 3.8) is 0 Å². The number of ether oxygens (including phenoxy) is 3. The highest BCUT2D eigenvalue weighted by atomic mass is 35.5. The lowest BCUT2D eigenvalue weighted by Crippen LogP contribution is -2.42. The normalized spacial score (nSPS) is 11.5. The fraction of sp³-hybridized carbons (Fsp3) is 0.351. The van der Waals surface area contributed by atoms with Gasteiger partial charge in [-0.25, -0.2) is 36.0 Å². The molecule has 0 radical (unpaired) electrons. The van der Waals surface area contributed by atoms with E-state index in [2.05, 4.69) is 9.44 Å². The number of unbranched alkanes of at least 4 members (excludes halogenated alkanes) is 2. The second kappa shape index (κ2) is 25.2. The maximum Gasteiger partial charge on any atom is 0.408 e. The quantitative estimate of drug-likeness (QED) is 0.0511. The van der Waals surface area contributed by atoms with Gasteiger partial charge in [0.1, 0.15) is 12.6 Å². The summed E-state index contributed by atoms with van der Waals surface area (Å²) in [5.74, 6) is -6.20.